The largest absolute Gasteiger partial charge is 0.482 e. The van der Waals surface area contributed by atoms with Gasteiger partial charge < -0.3 is 14.1 Å². The molecule has 0 saturated heterocycles. The lowest BCUT2D eigenvalue weighted by Gasteiger charge is -2.19. The molecule has 126 valence electrons. The second-order valence-corrected chi connectivity index (χ2v) is 5.60. The monoisotopic (exact) mass is 347 g/mol. The van der Waals surface area contributed by atoms with Crippen molar-refractivity contribution in [1.29, 1.82) is 0 Å². The molecule has 0 radical (unpaired) electrons. The number of hydrogen-bond donors (Lipinski definition) is 0. The molecule has 0 spiro atoms. The lowest BCUT2D eigenvalue weighted by atomic mass is 10.1. The Balaban J connectivity index is 2.22. The quantitative estimate of drug-likeness (QED) is 0.569. The van der Waals surface area contributed by atoms with E-state index in [1.165, 1.54) is 12.1 Å². The van der Waals surface area contributed by atoms with Crippen molar-refractivity contribution in [3.05, 3.63) is 64.5 Å². The van der Waals surface area contributed by atoms with Gasteiger partial charge in [-0.3, -0.25) is 4.79 Å². The summed E-state index contributed by atoms with van der Waals surface area (Å²) in [7, 11) is 0. The highest BCUT2D eigenvalue weighted by Gasteiger charge is 2.14. The van der Waals surface area contributed by atoms with Gasteiger partial charge in [0, 0.05) is 30.6 Å². The first-order valence-electron chi connectivity index (χ1n) is 7.32. The van der Waals surface area contributed by atoms with Crippen molar-refractivity contribution in [3.63, 3.8) is 0 Å². The second-order valence-electron chi connectivity index (χ2n) is 5.19. The van der Waals surface area contributed by atoms with Gasteiger partial charge in [0.15, 0.2) is 6.61 Å². The van der Waals surface area contributed by atoms with E-state index >= 15 is 0 Å². The molecule has 1 aromatic heterocycles. The molecule has 0 N–H and O–H groups in total. The first kappa shape index (κ1) is 17.8. The van der Waals surface area contributed by atoms with Gasteiger partial charge in [0.05, 0.1) is 5.02 Å². The van der Waals surface area contributed by atoms with E-state index in [0.29, 0.717) is 23.7 Å². The fourth-order valence-electron chi connectivity index (χ4n) is 2.25. The van der Waals surface area contributed by atoms with Crippen LogP contribution < -0.4 is 10.4 Å². The maximum absolute atomic E-state index is 12.2. The summed E-state index contributed by atoms with van der Waals surface area (Å²) in [5, 5.41) is 1.06. The Morgan fingerprint density at radius 3 is 2.58 bits per heavy atom. The highest BCUT2D eigenvalue weighted by molar-refractivity contribution is 6.32. The van der Waals surface area contributed by atoms with Gasteiger partial charge in [-0.1, -0.05) is 23.8 Å². The molecule has 0 fully saturated rings. The smallest absolute Gasteiger partial charge is 0.336 e. The lowest BCUT2D eigenvalue weighted by molar-refractivity contribution is -0.132. The topological polar surface area (TPSA) is 59.8 Å². The number of rotatable bonds is 7. The van der Waals surface area contributed by atoms with Crippen LogP contribution in [0.3, 0.4) is 0 Å². The van der Waals surface area contributed by atoms with Gasteiger partial charge in [-0.05, 0) is 18.6 Å². The molecular weight excluding hydrogens is 330 g/mol. The normalized spacial score (nSPS) is 10.4. The minimum atomic E-state index is -0.451. The van der Waals surface area contributed by atoms with Crippen molar-refractivity contribution in [3.8, 4) is 5.75 Å². The number of aryl methyl sites for hydroxylation is 1. The van der Waals surface area contributed by atoms with E-state index in [1.807, 2.05) is 0 Å². The zero-order valence-corrected chi connectivity index (χ0v) is 14.1. The Morgan fingerprint density at radius 1 is 1.29 bits per heavy atom. The van der Waals surface area contributed by atoms with Crippen LogP contribution in [-0.4, -0.2) is 30.5 Å². The molecular formula is C18H18ClNO4. The van der Waals surface area contributed by atoms with Crippen molar-refractivity contribution in [2.75, 3.05) is 19.7 Å². The van der Waals surface area contributed by atoms with Crippen molar-refractivity contribution in [2.24, 2.45) is 0 Å². The van der Waals surface area contributed by atoms with Crippen molar-refractivity contribution in [2.45, 2.75) is 6.92 Å². The van der Waals surface area contributed by atoms with Crippen LogP contribution in [0.4, 0.5) is 0 Å². The summed E-state index contributed by atoms with van der Waals surface area (Å²) in [6, 6.07) is 4.57. The van der Waals surface area contributed by atoms with Crippen LogP contribution >= 0.6 is 11.6 Å². The molecule has 0 aliphatic heterocycles. The van der Waals surface area contributed by atoms with E-state index in [2.05, 4.69) is 13.2 Å². The van der Waals surface area contributed by atoms with Crippen LogP contribution in [0.25, 0.3) is 11.0 Å². The summed E-state index contributed by atoms with van der Waals surface area (Å²) in [5.74, 6) is 0.0556. The predicted octanol–water partition coefficient (Wildman–Crippen LogP) is 3.33. The number of hydrogen-bond acceptors (Lipinski definition) is 4. The second kappa shape index (κ2) is 7.84. The van der Waals surface area contributed by atoms with Crippen LogP contribution in [0.1, 0.15) is 5.56 Å². The molecule has 2 rings (SSSR count). The number of ether oxygens (including phenoxy) is 1. The number of nitrogens with zero attached hydrogens (tertiary/aromatic N) is 1. The molecule has 1 amide bonds. The summed E-state index contributed by atoms with van der Waals surface area (Å²) in [6.07, 6.45) is 3.25. The van der Waals surface area contributed by atoms with Gasteiger partial charge >= 0.3 is 5.63 Å². The van der Waals surface area contributed by atoms with E-state index in [4.69, 9.17) is 20.8 Å². The molecule has 24 heavy (non-hydrogen) atoms. The van der Waals surface area contributed by atoms with Gasteiger partial charge in [-0.25, -0.2) is 4.79 Å². The fourth-order valence-corrected chi connectivity index (χ4v) is 2.47. The molecule has 0 bridgehead atoms. The Morgan fingerprint density at radius 2 is 1.96 bits per heavy atom. The Hall–Kier alpha value is -2.53. The Labute approximate surface area is 144 Å². The van der Waals surface area contributed by atoms with Crippen LogP contribution in [0.15, 0.2) is 52.7 Å². The van der Waals surface area contributed by atoms with Crippen LogP contribution in [0, 0.1) is 6.92 Å². The molecule has 0 aliphatic rings. The standard InChI is InChI=1S/C18H18ClNO4/c1-4-6-20(7-5-2)17(21)11-23-16-10-15-13(9-14(16)19)12(3)8-18(22)24-15/h4-5,8-10H,1-2,6-7,11H2,3H3. The van der Waals surface area contributed by atoms with E-state index < -0.39 is 5.63 Å². The zero-order chi connectivity index (χ0) is 17.7. The molecule has 0 unspecified atom stereocenters. The van der Waals surface area contributed by atoms with Gasteiger partial charge in [-0.15, -0.1) is 13.2 Å². The van der Waals surface area contributed by atoms with Gasteiger partial charge in [0.2, 0.25) is 0 Å². The van der Waals surface area contributed by atoms with E-state index in [1.54, 1.807) is 30.0 Å². The maximum Gasteiger partial charge on any atom is 0.336 e. The number of carbonyl (C=O) groups excluding carboxylic acids is 1. The molecule has 2 aromatic rings. The van der Waals surface area contributed by atoms with E-state index in [0.717, 1.165) is 10.9 Å². The molecule has 1 heterocycles. The fraction of sp³-hybridized carbons (Fsp3) is 0.222. The molecule has 0 atom stereocenters. The van der Waals surface area contributed by atoms with E-state index in [-0.39, 0.29) is 18.3 Å². The van der Waals surface area contributed by atoms with Crippen LogP contribution in [0.2, 0.25) is 5.02 Å². The molecule has 6 heteroatoms. The predicted molar refractivity (Wildman–Crippen MR) is 94.7 cm³/mol. The van der Waals surface area contributed by atoms with Crippen LogP contribution in [0.5, 0.6) is 5.75 Å². The molecule has 0 saturated carbocycles. The lowest BCUT2D eigenvalue weighted by Crippen LogP contribution is -2.35. The third-order valence-electron chi connectivity index (χ3n) is 3.41. The minimum absolute atomic E-state index is 0.192. The zero-order valence-electron chi connectivity index (χ0n) is 13.4. The van der Waals surface area contributed by atoms with Gasteiger partial charge in [0.25, 0.3) is 5.91 Å². The Kier molecular flexibility index (Phi) is 5.82. The summed E-state index contributed by atoms with van der Waals surface area (Å²) in [4.78, 5) is 25.2. The first-order valence-corrected chi connectivity index (χ1v) is 7.70. The van der Waals surface area contributed by atoms with Gasteiger partial charge in [0.1, 0.15) is 11.3 Å². The summed E-state index contributed by atoms with van der Waals surface area (Å²) >= 11 is 6.20. The first-order chi connectivity index (χ1) is 11.5. The number of benzene rings is 1. The third-order valence-corrected chi connectivity index (χ3v) is 3.70. The Bertz CT molecular complexity index is 831. The number of halogens is 1. The maximum atomic E-state index is 12.2. The van der Waals surface area contributed by atoms with Gasteiger partial charge in [-0.2, -0.15) is 0 Å². The molecule has 0 aliphatic carbocycles. The highest BCUT2D eigenvalue weighted by atomic mass is 35.5. The average molecular weight is 348 g/mol. The third kappa shape index (κ3) is 4.06. The minimum Gasteiger partial charge on any atom is -0.482 e. The number of carbonyl (C=O) groups is 1. The average Bonchev–Trinajstić information content (AvgIpc) is 2.53. The summed E-state index contributed by atoms with van der Waals surface area (Å²) in [5.41, 5.74) is 0.669. The van der Waals surface area contributed by atoms with Crippen molar-refractivity contribution in [1.82, 2.24) is 4.90 Å². The highest BCUT2D eigenvalue weighted by Crippen LogP contribution is 2.31. The summed E-state index contributed by atoms with van der Waals surface area (Å²) in [6.45, 7) is 9.63. The van der Waals surface area contributed by atoms with Crippen LogP contribution in [-0.2, 0) is 4.79 Å². The molecule has 5 nitrogen and oxygen atoms in total. The summed E-state index contributed by atoms with van der Waals surface area (Å²) < 4.78 is 10.7. The number of amides is 1. The van der Waals surface area contributed by atoms with Crippen molar-refractivity contribution < 1.29 is 13.9 Å². The van der Waals surface area contributed by atoms with Crippen molar-refractivity contribution >= 4 is 28.5 Å². The molecule has 1 aromatic carbocycles. The van der Waals surface area contributed by atoms with E-state index in [9.17, 15) is 9.59 Å². The SMILES string of the molecule is C=CCN(CC=C)C(=O)COc1cc2oc(=O)cc(C)c2cc1Cl. The number of fused-ring (bicyclic) bond motifs is 1.